The second-order valence-corrected chi connectivity index (χ2v) is 6.79. The molecule has 2 heterocycles. The lowest BCUT2D eigenvalue weighted by Crippen LogP contribution is -2.24. The number of hydrogen-bond acceptors (Lipinski definition) is 6. The molecule has 28 heavy (non-hydrogen) atoms. The van der Waals surface area contributed by atoms with Crippen molar-refractivity contribution in [1.29, 1.82) is 0 Å². The highest BCUT2D eigenvalue weighted by Crippen LogP contribution is 2.36. The number of carbonyl (C=O) groups excluding carboxylic acids is 1. The number of ether oxygens (including phenoxy) is 2. The summed E-state index contributed by atoms with van der Waals surface area (Å²) in [4.78, 5) is 18.7. The van der Waals surface area contributed by atoms with Crippen molar-refractivity contribution >= 4 is 23.2 Å². The van der Waals surface area contributed by atoms with Crippen LogP contribution >= 0.6 is 11.6 Å². The number of hydrogen-bond donors (Lipinski definition) is 0. The maximum absolute atomic E-state index is 12.6. The van der Waals surface area contributed by atoms with E-state index in [1.807, 2.05) is 24.3 Å². The predicted molar refractivity (Wildman–Crippen MR) is 104 cm³/mol. The van der Waals surface area contributed by atoms with E-state index in [9.17, 15) is 4.79 Å². The molecule has 4 rings (SSSR count). The molecule has 1 aliphatic rings. The molecule has 1 saturated heterocycles. The van der Waals surface area contributed by atoms with Gasteiger partial charge in [-0.25, -0.2) is 0 Å². The Labute approximate surface area is 166 Å². The topological polar surface area (TPSA) is 77.7 Å². The molecule has 1 fully saturated rings. The summed E-state index contributed by atoms with van der Waals surface area (Å²) in [7, 11) is 3.13. The maximum Gasteiger partial charge on any atom is 0.259 e. The van der Waals surface area contributed by atoms with Crippen LogP contribution in [0.2, 0.25) is 5.02 Å². The van der Waals surface area contributed by atoms with Crippen LogP contribution in [0.5, 0.6) is 11.5 Å². The fourth-order valence-corrected chi connectivity index (χ4v) is 3.48. The molecule has 8 heteroatoms. The van der Waals surface area contributed by atoms with E-state index < -0.39 is 0 Å². The summed E-state index contributed by atoms with van der Waals surface area (Å²) in [5.41, 5.74) is 1.41. The Hall–Kier alpha value is -3.06. The van der Waals surface area contributed by atoms with E-state index in [0.717, 1.165) is 5.69 Å². The van der Waals surface area contributed by atoms with Crippen LogP contribution in [0, 0.1) is 0 Å². The lowest BCUT2D eigenvalue weighted by molar-refractivity contribution is -0.117. The minimum absolute atomic E-state index is 0.0127. The average molecular weight is 400 g/mol. The third-order valence-electron chi connectivity index (χ3n) is 4.71. The molecule has 0 radical (unpaired) electrons. The first kappa shape index (κ1) is 18.3. The molecule has 7 nitrogen and oxygen atoms in total. The van der Waals surface area contributed by atoms with Gasteiger partial charge in [0.2, 0.25) is 5.91 Å². The molecule has 3 aromatic rings. The molecular formula is C20H18ClN3O4. The van der Waals surface area contributed by atoms with Crippen molar-refractivity contribution in [2.24, 2.45) is 0 Å². The van der Waals surface area contributed by atoms with Crippen LogP contribution in [0.15, 0.2) is 47.0 Å². The molecule has 0 N–H and O–H groups in total. The minimum Gasteiger partial charge on any atom is -0.493 e. The summed E-state index contributed by atoms with van der Waals surface area (Å²) < 4.78 is 16.0. The van der Waals surface area contributed by atoms with Gasteiger partial charge in [-0.15, -0.1) is 0 Å². The Balaban J connectivity index is 1.57. The first-order chi connectivity index (χ1) is 13.6. The molecule has 2 aromatic carbocycles. The molecule has 0 bridgehead atoms. The second-order valence-electron chi connectivity index (χ2n) is 6.38. The standard InChI is InChI=1S/C20H18ClN3O4/c1-26-16-8-7-13(10-17(16)27-2)24-11-12(9-18(24)25)19-22-20(28-23-19)14-5-3-4-6-15(14)21/h3-8,10,12H,9,11H2,1-2H3/t12-/m0/s1. The van der Waals surface area contributed by atoms with Crippen LogP contribution < -0.4 is 14.4 Å². The molecule has 0 aliphatic carbocycles. The molecule has 0 saturated carbocycles. The van der Waals surface area contributed by atoms with Gasteiger partial charge in [0.1, 0.15) is 0 Å². The third kappa shape index (κ3) is 3.29. The molecule has 0 unspecified atom stereocenters. The van der Waals surface area contributed by atoms with Crippen molar-refractivity contribution in [2.75, 3.05) is 25.7 Å². The fourth-order valence-electron chi connectivity index (χ4n) is 3.27. The van der Waals surface area contributed by atoms with Crippen LogP contribution in [0.1, 0.15) is 18.2 Å². The number of aromatic nitrogens is 2. The molecule has 144 valence electrons. The highest BCUT2D eigenvalue weighted by Gasteiger charge is 2.35. The van der Waals surface area contributed by atoms with Crippen molar-refractivity contribution in [3.63, 3.8) is 0 Å². The van der Waals surface area contributed by atoms with Crippen molar-refractivity contribution in [3.8, 4) is 23.0 Å². The zero-order valence-electron chi connectivity index (χ0n) is 15.4. The smallest absolute Gasteiger partial charge is 0.259 e. The SMILES string of the molecule is COc1ccc(N2C[C@@H](c3noc(-c4ccccc4Cl)n3)CC2=O)cc1OC. The number of benzene rings is 2. The van der Waals surface area contributed by atoms with E-state index in [0.29, 0.717) is 46.8 Å². The van der Waals surface area contributed by atoms with Crippen LogP contribution in [0.4, 0.5) is 5.69 Å². The molecule has 1 amide bonds. The van der Waals surface area contributed by atoms with Gasteiger partial charge in [-0.3, -0.25) is 4.79 Å². The van der Waals surface area contributed by atoms with Gasteiger partial charge in [-0.2, -0.15) is 4.98 Å². The van der Waals surface area contributed by atoms with Crippen LogP contribution in [0.25, 0.3) is 11.5 Å². The predicted octanol–water partition coefficient (Wildman–Crippen LogP) is 3.93. The Kier molecular flexibility index (Phi) is 4.92. The lowest BCUT2D eigenvalue weighted by atomic mass is 10.1. The van der Waals surface area contributed by atoms with Crippen LogP contribution in [0.3, 0.4) is 0 Å². The normalized spacial score (nSPS) is 16.5. The van der Waals surface area contributed by atoms with Crippen LogP contribution in [-0.2, 0) is 4.79 Å². The van der Waals surface area contributed by atoms with E-state index >= 15 is 0 Å². The Morgan fingerprint density at radius 1 is 1.14 bits per heavy atom. The number of amides is 1. The maximum atomic E-state index is 12.6. The number of rotatable bonds is 5. The van der Waals surface area contributed by atoms with Gasteiger partial charge >= 0.3 is 0 Å². The molecule has 1 aromatic heterocycles. The summed E-state index contributed by atoms with van der Waals surface area (Å²) in [6.45, 7) is 0.454. The first-order valence-electron chi connectivity index (χ1n) is 8.71. The monoisotopic (exact) mass is 399 g/mol. The van der Waals surface area contributed by atoms with E-state index in [1.54, 1.807) is 37.3 Å². The van der Waals surface area contributed by atoms with Crippen molar-refractivity contribution in [3.05, 3.63) is 53.3 Å². The second kappa shape index (κ2) is 7.52. The summed E-state index contributed by atoms with van der Waals surface area (Å²) in [5, 5.41) is 4.61. The number of anilines is 1. The average Bonchev–Trinajstić information content (AvgIpc) is 3.34. The number of nitrogens with zero attached hydrogens (tertiary/aromatic N) is 3. The van der Waals surface area contributed by atoms with Crippen molar-refractivity contribution in [2.45, 2.75) is 12.3 Å². The molecule has 0 spiro atoms. The Bertz CT molecular complexity index is 1020. The van der Waals surface area contributed by atoms with E-state index in [1.165, 1.54) is 0 Å². The van der Waals surface area contributed by atoms with Gasteiger partial charge in [0.15, 0.2) is 17.3 Å². The lowest BCUT2D eigenvalue weighted by Gasteiger charge is -2.18. The van der Waals surface area contributed by atoms with Gasteiger partial charge in [-0.1, -0.05) is 28.9 Å². The Morgan fingerprint density at radius 2 is 1.93 bits per heavy atom. The van der Waals surface area contributed by atoms with E-state index in [-0.39, 0.29) is 11.8 Å². The number of halogens is 1. The van der Waals surface area contributed by atoms with Gasteiger partial charge in [0.25, 0.3) is 5.89 Å². The first-order valence-corrected chi connectivity index (χ1v) is 9.09. The zero-order chi connectivity index (χ0) is 19.7. The zero-order valence-corrected chi connectivity index (χ0v) is 16.1. The molecule has 1 aliphatic heterocycles. The molecular weight excluding hydrogens is 382 g/mol. The van der Waals surface area contributed by atoms with E-state index in [4.69, 9.17) is 25.6 Å². The summed E-state index contributed by atoms with van der Waals surface area (Å²) in [5.74, 6) is 1.83. The van der Waals surface area contributed by atoms with Crippen LogP contribution in [-0.4, -0.2) is 36.8 Å². The summed E-state index contributed by atoms with van der Waals surface area (Å²) in [6, 6.07) is 12.6. The van der Waals surface area contributed by atoms with Gasteiger partial charge < -0.3 is 18.9 Å². The molecule has 1 atom stereocenters. The van der Waals surface area contributed by atoms with Crippen molar-refractivity contribution in [1.82, 2.24) is 10.1 Å². The summed E-state index contributed by atoms with van der Waals surface area (Å²) in [6.07, 6.45) is 0.301. The number of methoxy groups -OCH3 is 2. The highest BCUT2D eigenvalue weighted by atomic mass is 35.5. The summed E-state index contributed by atoms with van der Waals surface area (Å²) >= 11 is 6.20. The minimum atomic E-state index is -0.166. The van der Waals surface area contributed by atoms with Gasteiger partial charge in [0.05, 0.1) is 24.8 Å². The van der Waals surface area contributed by atoms with Gasteiger partial charge in [0, 0.05) is 30.6 Å². The quantitative estimate of drug-likeness (QED) is 0.647. The Morgan fingerprint density at radius 3 is 2.68 bits per heavy atom. The number of carbonyl (C=O) groups is 1. The third-order valence-corrected chi connectivity index (χ3v) is 5.04. The van der Waals surface area contributed by atoms with Crippen molar-refractivity contribution < 1.29 is 18.8 Å². The highest BCUT2D eigenvalue weighted by molar-refractivity contribution is 6.33. The van der Waals surface area contributed by atoms with E-state index in [2.05, 4.69) is 10.1 Å². The largest absolute Gasteiger partial charge is 0.493 e. The van der Waals surface area contributed by atoms with Gasteiger partial charge in [-0.05, 0) is 24.3 Å². The fraction of sp³-hybridized carbons (Fsp3) is 0.250.